The molecule has 1 aromatic heterocycles. The number of nitrogens with zero attached hydrogens (tertiary/aromatic N) is 2. The number of aromatic amines is 1. The van der Waals surface area contributed by atoms with Crippen LogP contribution in [0, 0.1) is 6.92 Å². The minimum atomic E-state index is -0.322. The van der Waals surface area contributed by atoms with Gasteiger partial charge in [-0.1, -0.05) is 41.4 Å². The first-order valence-corrected chi connectivity index (χ1v) is 5.95. The van der Waals surface area contributed by atoms with Crippen molar-refractivity contribution in [1.82, 2.24) is 9.97 Å². The van der Waals surface area contributed by atoms with Gasteiger partial charge in [-0.3, -0.25) is 4.79 Å². The van der Waals surface area contributed by atoms with Crippen LogP contribution in [0.1, 0.15) is 11.1 Å². The van der Waals surface area contributed by atoms with Crippen molar-refractivity contribution in [3.05, 3.63) is 57.1 Å². The Balaban J connectivity index is 2.22. The molecule has 0 aliphatic heterocycles. The molecule has 2 aromatic rings. The molecule has 0 atom stereocenters. The highest BCUT2D eigenvalue weighted by molar-refractivity contribution is 6.32. The van der Waals surface area contributed by atoms with Gasteiger partial charge >= 0.3 is 0 Å². The molecule has 0 aliphatic carbocycles. The molecule has 0 unspecified atom stereocenters. The lowest BCUT2D eigenvalue weighted by Gasteiger charge is -2.18. The number of aromatic nitrogens is 2. The molecule has 5 heteroatoms. The maximum atomic E-state index is 11.4. The van der Waals surface area contributed by atoms with Crippen molar-refractivity contribution in [1.29, 1.82) is 0 Å². The van der Waals surface area contributed by atoms with Crippen LogP contribution in [0.25, 0.3) is 0 Å². The highest BCUT2D eigenvalue weighted by atomic mass is 35.5. The summed E-state index contributed by atoms with van der Waals surface area (Å²) in [5.74, 6) is 0.487. The summed E-state index contributed by atoms with van der Waals surface area (Å²) in [4.78, 5) is 19.8. The van der Waals surface area contributed by atoms with Crippen molar-refractivity contribution in [3.63, 3.8) is 0 Å². The van der Waals surface area contributed by atoms with Crippen LogP contribution >= 0.6 is 11.6 Å². The molecule has 4 nitrogen and oxygen atoms in total. The SMILES string of the molecule is Cc1ccc(CN(C)c2nc[nH]c(=O)c2Cl)cc1. The predicted molar refractivity (Wildman–Crippen MR) is 73.2 cm³/mol. The molecule has 0 amide bonds. The number of nitrogens with one attached hydrogen (secondary N) is 1. The molecule has 0 aliphatic rings. The molecular formula is C13H14ClN3O. The second-order valence-corrected chi connectivity index (χ2v) is 4.59. The van der Waals surface area contributed by atoms with Gasteiger partial charge in [0.15, 0.2) is 5.82 Å². The van der Waals surface area contributed by atoms with Gasteiger partial charge in [0, 0.05) is 13.6 Å². The number of benzene rings is 1. The van der Waals surface area contributed by atoms with E-state index in [1.165, 1.54) is 11.9 Å². The molecule has 0 spiro atoms. The Morgan fingerprint density at radius 1 is 1.33 bits per heavy atom. The van der Waals surface area contributed by atoms with E-state index < -0.39 is 0 Å². The Hall–Kier alpha value is -1.81. The van der Waals surface area contributed by atoms with E-state index in [0.717, 1.165) is 5.56 Å². The third kappa shape index (κ3) is 2.71. The Morgan fingerprint density at radius 3 is 2.67 bits per heavy atom. The summed E-state index contributed by atoms with van der Waals surface area (Å²) < 4.78 is 0. The molecule has 0 fully saturated rings. The van der Waals surface area contributed by atoms with E-state index in [1.54, 1.807) is 0 Å². The first-order chi connectivity index (χ1) is 8.58. The summed E-state index contributed by atoms with van der Waals surface area (Å²) in [7, 11) is 1.85. The molecule has 1 heterocycles. The number of hydrogen-bond donors (Lipinski definition) is 1. The van der Waals surface area contributed by atoms with Crippen molar-refractivity contribution in [3.8, 4) is 0 Å². The molecule has 0 saturated heterocycles. The van der Waals surface area contributed by atoms with E-state index in [-0.39, 0.29) is 10.6 Å². The summed E-state index contributed by atoms with van der Waals surface area (Å²) in [6.45, 7) is 2.69. The third-order valence-electron chi connectivity index (χ3n) is 2.68. The summed E-state index contributed by atoms with van der Waals surface area (Å²) in [6.07, 6.45) is 1.36. The fourth-order valence-corrected chi connectivity index (χ4v) is 1.93. The van der Waals surface area contributed by atoms with Crippen LogP contribution in [0.5, 0.6) is 0 Å². The van der Waals surface area contributed by atoms with E-state index in [0.29, 0.717) is 12.4 Å². The number of rotatable bonds is 3. The lowest BCUT2D eigenvalue weighted by molar-refractivity contribution is 0.886. The quantitative estimate of drug-likeness (QED) is 0.925. The fraction of sp³-hybridized carbons (Fsp3) is 0.231. The second kappa shape index (κ2) is 5.23. The second-order valence-electron chi connectivity index (χ2n) is 4.21. The Kier molecular flexibility index (Phi) is 3.67. The number of hydrogen-bond acceptors (Lipinski definition) is 3. The van der Waals surface area contributed by atoms with Crippen LogP contribution in [0.4, 0.5) is 5.82 Å². The van der Waals surface area contributed by atoms with Crippen molar-refractivity contribution >= 4 is 17.4 Å². The maximum absolute atomic E-state index is 11.4. The standard InChI is InChI=1S/C13H14ClN3O/c1-9-3-5-10(6-4-9)7-17(2)12-11(14)13(18)16-8-15-12/h3-6,8H,7H2,1-2H3,(H,15,16,18). The van der Waals surface area contributed by atoms with Gasteiger partial charge in [-0.2, -0.15) is 0 Å². The summed E-state index contributed by atoms with van der Waals surface area (Å²) in [6, 6.07) is 8.20. The zero-order valence-electron chi connectivity index (χ0n) is 10.3. The highest BCUT2D eigenvalue weighted by Gasteiger charge is 2.10. The number of aryl methyl sites for hydroxylation is 1. The molecule has 0 bridgehead atoms. The molecule has 18 heavy (non-hydrogen) atoms. The zero-order valence-corrected chi connectivity index (χ0v) is 11.0. The fourth-order valence-electron chi connectivity index (χ4n) is 1.68. The summed E-state index contributed by atoms with van der Waals surface area (Å²) >= 11 is 5.93. The van der Waals surface area contributed by atoms with Crippen LogP contribution < -0.4 is 10.5 Å². The molecule has 94 valence electrons. The van der Waals surface area contributed by atoms with Crippen LogP contribution in [-0.4, -0.2) is 17.0 Å². The Bertz CT molecular complexity index is 592. The van der Waals surface area contributed by atoms with Gasteiger partial charge in [0.05, 0.1) is 6.33 Å². The monoisotopic (exact) mass is 263 g/mol. The minimum absolute atomic E-state index is 0.118. The van der Waals surface area contributed by atoms with Crippen molar-refractivity contribution in [2.75, 3.05) is 11.9 Å². The minimum Gasteiger partial charge on any atom is -0.354 e. The Morgan fingerprint density at radius 2 is 2.00 bits per heavy atom. The zero-order chi connectivity index (χ0) is 13.1. The maximum Gasteiger partial charge on any atom is 0.271 e. The molecule has 0 radical (unpaired) electrons. The average Bonchev–Trinajstić information content (AvgIpc) is 2.35. The van der Waals surface area contributed by atoms with E-state index in [4.69, 9.17) is 11.6 Å². The normalized spacial score (nSPS) is 10.4. The largest absolute Gasteiger partial charge is 0.354 e. The summed E-state index contributed by atoms with van der Waals surface area (Å²) in [5, 5.41) is 0.118. The molecule has 2 rings (SSSR count). The lowest BCUT2D eigenvalue weighted by atomic mass is 10.1. The van der Waals surface area contributed by atoms with Crippen molar-refractivity contribution in [2.45, 2.75) is 13.5 Å². The van der Waals surface area contributed by atoms with Gasteiger partial charge < -0.3 is 9.88 Å². The molecule has 1 aromatic carbocycles. The van der Waals surface area contributed by atoms with E-state index in [9.17, 15) is 4.79 Å². The number of halogens is 1. The molecule has 1 N–H and O–H groups in total. The van der Waals surface area contributed by atoms with Crippen LogP contribution in [0.3, 0.4) is 0 Å². The van der Waals surface area contributed by atoms with Crippen molar-refractivity contribution in [2.24, 2.45) is 0 Å². The first kappa shape index (κ1) is 12.6. The lowest BCUT2D eigenvalue weighted by Crippen LogP contribution is -2.21. The van der Waals surface area contributed by atoms with Gasteiger partial charge in [-0.05, 0) is 12.5 Å². The van der Waals surface area contributed by atoms with Gasteiger partial charge in [0.2, 0.25) is 0 Å². The van der Waals surface area contributed by atoms with E-state index in [2.05, 4.69) is 22.1 Å². The topological polar surface area (TPSA) is 49.0 Å². The van der Waals surface area contributed by atoms with Gasteiger partial charge in [-0.25, -0.2) is 4.98 Å². The number of H-pyrrole nitrogens is 1. The number of anilines is 1. The molecule has 0 saturated carbocycles. The smallest absolute Gasteiger partial charge is 0.271 e. The first-order valence-electron chi connectivity index (χ1n) is 5.58. The van der Waals surface area contributed by atoms with E-state index >= 15 is 0 Å². The van der Waals surface area contributed by atoms with Crippen LogP contribution in [-0.2, 0) is 6.54 Å². The average molecular weight is 264 g/mol. The highest BCUT2D eigenvalue weighted by Crippen LogP contribution is 2.18. The van der Waals surface area contributed by atoms with Gasteiger partial charge in [-0.15, -0.1) is 0 Å². The van der Waals surface area contributed by atoms with Crippen molar-refractivity contribution < 1.29 is 0 Å². The van der Waals surface area contributed by atoms with E-state index in [1.807, 2.05) is 31.0 Å². The van der Waals surface area contributed by atoms with Gasteiger partial charge in [0.1, 0.15) is 5.02 Å². The van der Waals surface area contributed by atoms with Crippen LogP contribution in [0.15, 0.2) is 35.4 Å². The third-order valence-corrected chi connectivity index (χ3v) is 3.02. The Labute approximate surface area is 110 Å². The predicted octanol–water partition coefficient (Wildman–Crippen LogP) is 2.37. The summed E-state index contributed by atoms with van der Waals surface area (Å²) in [5.41, 5.74) is 2.03. The van der Waals surface area contributed by atoms with Gasteiger partial charge in [0.25, 0.3) is 5.56 Å². The van der Waals surface area contributed by atoms with Crippen LogP contribution in [0.2, 0.25) is 5.02 Å². The molecular weight excluding hydrogens is 250 g/mol.